The van der Waals surface area contributed by atoms with E-state index >= 15 is 0 Å². The first-order valence-electron chi connectivity index (χ1n) is 5.51. The summed E-state index contributed by atoms with van der Waals surface area (Å²) < 4.78 is 1.10. The zero-order valence-corrected chi connectivity index (χ0v) is 12.9. The number of hydrogen-bond acceptors (Lipinski definition) is 5. The Hall–Kier alpha value is -0.400. The second-order valence-corrected chi connectivity index (χ2v) is 6.75. The van der Waals surface area contributed by atoms with E-state index in [0.717, 1.165) is 21.7 Å². The molecule has 0 saturated carbocycles. The van der Waals surface area contributed by atoms with Gasteiger partial charge in [-0.3, -0.25) is 11.3 Å². The molecule has 0 amide bonds. The van der Waals surface area contributed by atoms with Gasteiger partial charge in [0.15, 0.2) is 0 Å². The average molecular weight is 344 g/mol. The molecular weight excluding hydrogens is 330 g/mol. The van der Waals surface area contributed by atoms with Crippen LogP contribution in [0.25, 0.3) is 0 Å². The number of halogens is 1. The molecule has 0 aliphatic carbocycles. The number of hydrazine groups is 1. The Labute approximate surface area is 123 Å². The van der Waals surface area contributed by atoms with Gasteiger partial charge in [0.1, 0.15) is 0 Å². The first-order chi connectivity index (χ1) is 8.78. The number of nitrogens with two attached hydrogens (primary N) is 1. The molecule has 2 aromatic rings. The lowest BCUT2D eigenvalue weighted by Crippen LogP contribution is -2.38. The number of aromatic nitrogens is 1. The summed E-state index contributed by atoms with van der Waals surface area (Å²) in [5, 5.41) is 3.11. The van der Waals surface area contributed by atoms with E-state index in [9.17, 15) is 0 Å². The highest BCUT2D eigenvalue weighted by molar-refractivity contribution is 9.10. The Kier molecular flexibility index (Phi) is 5.65. The van der Waals surface area contributed by atoms with E-state index in [1.54, 1.807) is 23.1 Å². The van der Waals surface area contributed by atoms with Gasteiger partial charge in [-0.05, 0) is 18.2 Å². The van der Waals surface area contributed by atoms with Crippen molar-refractivity contribution in [1.82, 2.24) is 10.4 Å². The van der Waals surface area contributed by atoms with E-state index in [2.05, 4.69) is 38.5 Å². The maximum atomic E-state index is 5.59. The Bertz CT molecular complexity index is 476. The van der Waals surface area contributed by atoms with Crippen molar-refractivity contribution in [2.75, 3.05) is 5.75 Å². The van der Waals surface area contributed by atoms with Crippen LogP contribution in [0.5, 0.6) is 0 Å². The molecule has 3 N–H and O–H groups in total. The van der Waals surface area contributed by atoms with Crippen LogP contribution in [0.2, 0.25) is 0 Å². The number of thioether (sulfide) groups is 1. The quantitative estimate of drug-likeness (QED) is 0.480. The van der Waals surface area contributed by atoms with Gasteiger partial charge in [-0.1, -0.05) is 22.0 Å². The molecule has 0 fully saturated rings. The highest BCUT2D eigenvalue weighted by Gasteiger charge is 2.10. The summed E-state index contributed by atoms with van der Waals surface area (Å²) in [6, 6.07) is 8.52. The predicted octanol–water partition coefficient (Wildman–Crippen LogP) is 3.07. The summed E-state index contributed by atoms with van der Waals surface area (Å²) in [7, 11) is 0. The van der Waals surface area contributed by atoms with E-state index in [-0.39, 0.29) is 6.04 Å². The zero-order chi connectivity index (χ0) is 12.8. The normalized spacial score (nSPS) is 12.6. The number of rotatable bonds is 6. The van der Waals surface area contributed by atoms with Crippen molar-refractivity contribution < 1.29 is 0 Å². The van der Waals surface area contributed by atoms with Crippen LogP contribution >= 0.6 is 39.0 Å². The van der Waals surface area contributed by atoms with Gasteiger partial charge in [-0.15, -0.1) is 23.1 Å². The highest BCUT2D eigenvalue weighted by atomic mass is 79.9. The van der Waals surface area contributed by atoms with Crippen LogP contribution in [0.1, 0.15) is 5.01 Å². The topological polar surface area (TPSA) is 50.9 Å². The number of nitrogens with zero attached hydrogens (tertiary/aromatic N) is 1. The zero-order valence-electron chi connectivity index (χ0n) is 9.67. The van der Waals surface area contributed by atoms with Gasteiger partial charge >= 0.3 is 0 Å². The molecule has 2 rings (SSSR count). The van der Waals surface area contributed by atoms with Crippen molar-refractivity contribution in [1.29, 1.82) is 0 Å². The second-order valence-electron chi connectivity index (χ2n) is 3.76. The van der Waals surface area contributed by atoms with Crippen LogP contribution in [0, 0.1) is 0 Å². The number of thiazole rings is 1. The van der Waals surface area contributed by atoms with E-state index in [0.29, 0.717) is 0 Å². The van der Waals surface area contributed by atoms with Crippen LogP contribution in [-0.4, -0.2) is 16.8 Å². The molecule has 1 unspecified atom stereocenters. The molecule has 1 aromatic carbocycles. The van der Waals surface area contributed by atoms with Gasteiger partial charge in [0.2, 0.25) is 0 Å². The maximum absolute atomic E-state index is 5.59. The fraction of sp³-hybridized carbons (Fsp3) is 0.250. The van der Waals surface area contributed by atoms with Crippen molar-refractivity contribution in [3.05, 3.63) is 45.3 Å². The molecule has 0 spiro atoms. The fourth-order valence-corrected chi connectivity index (χ4v) is 3.73. The van der Waals surface area contributed by atoms with Gasteiger partial charge in [-0.2, -0.15) is 0 Å². The minimum atomic E-state index is 0.236. The van der Waals surface area contributed by atoms with E-state index in [1.807, 2.05) is 23.7 Å². The van der Waals surface area contributed by atoms with E-state index in [1.165, 1.54) is 4.90 Å². The lowest BCUT2D eigenvalue weighted by molar-refractivity contribution is 0.574. The van der Waals surface area contributed by atoms with Crippen LogP contribution < -0.4 is 11.3 Å². The Morgan fingerprint density at radius 2 is 2.39 bits per heavy atom. The van der Waals surface area contributed by atoms with Gasteiger partial charge in [-0.25, -0.2) is 4.98 Å². The molecule has 1 heterocycles. The van der Waals surface area contributed by atoms with Crippen LogP contribution in [0.4, 0.5) is 0 Å². The minimum absolute atomic E-state index is 0.236. The average Bonchev–Trinajstić information content (AvgIpc) is 2.87. The molecule has 1 aromatic heterocycles. The fourth-order valence-electron chi connectivity index (χ4n) is 1.48. The SMILES string of the molecule is NNC(CSc1cccc(Br)c1)Cc1nccs1. The van der Waals surface area contributed by atoms with Gasteiger partial charge < -0.3 is 0 Å². The predicted molar refractivity (Wildman–Crippen MR) is 81.8 cm³/mol. The number of benzene rings is 1. The van der Waals surface area contributed by atoms with Gasteiger partial charge in [0.25, 0.3) is 0 Å². The Balaban J connectivity index is 1.87. The lowest BCUT2D eigenvalue weighted by atomic mass is 10.2. The summed E-state index contributed by atoms with van der Waals surface area (Å²) in [5.74, 6) is 6.51. The highest BCUT2D eigenvalue weighted by Crippen LogP contribution is 2.23. The molecule has 1 atom stereocenters. The summed E-state index contributed by atoms with van der Waals surface area (Å²) in [6.07, 6.45) is 2.70. The third-order valence-corrected chi connectivity index (χ3v) is 4.84. The van der Waals surface area contributed by atoms with E-state index < -0.39 is 0 Å². The van der Waals surface area contributed by atoms with Gasteiger partial charge in [0, 0.05) is 39.2 Å². The molecule has 96 valence electrons. The van der Waals surface area contributed by atoms with Crippen molar-refractivity contribution >= 4 is 39.0 Å². The maximum Gasteiger partial charge on any atom is 0.0941 e. The molecular formula is C12H14BrN3S2. The van der Waals surface area contributed by atoms with Crippen LogP contribution in [-0.2, 0) is 6.42 Å². The van der Waals surface area contributed by atoms with Crippen molar-refractivity contribution in [2.24, 2.45) is 5.84 Å². The first kappa shape index (κ1) is 14.0. The molecule has 18 heavy (non-hydrogen) atoms. The summed E-state index contributed by atoms with van der Waals surface area (Å²) >= 11 is 6.93. The van der Waals surface area contributed by atoms with E-state index in [4.69, 9.17) is 5.84 Å². The smallest absolute Gasteiger partial charge is 0.0941 e. The number of hydrogen-bond donors (Lipinski definition) is 2. The Morgan fingerprint density at radius 1 is 1.50 bits per heavy atom. The summed E-state index contributed by atoms with van der Waals surface area (Å²) in [4.78, 5) is 5.52. The monoisotopic (exact) mass is 343 g/mol. The molecule has 0 radical (unpaired) electrons. The number of nitrogens with one attached hydrogen (secondary N) is 1. The van der Waals surface area contributed by atoms with Crippen LogP contribution in [0.15, 0.2) is 45.2 Å². The minimum Gasteiger partial charge on any atom is -0.271 e. The van der Waals surface area contributed by atoms with Gasteiger partial charge in [0.05, 0.1) is 5.01 Å². The standard InChI is InChI=1S/C12H14BrN3S2/c13-9-2-1-3-11(6-9)18-8-10(16-14)7-12-15-4-5-17-12/h1-6,10,16H,7-8,14H2. The third kappa shape index (κ3) is 4.37. The third-order valence-electron chi connectivity index (χ3n) is 2.39. The molecule has 6 heteroatoms. The largest absolute Gasteiger partial charge is 0.271 e. The summed E-state index contributed by atoms with van der Waals surface area (Å²) in [6.45, 7) is 0. The molecule has 0 saturated heterocycles. The molecule has 0 bridgehead atoms. The van der Waals surface area contributed by atoms with Crippen molar-refractivity contribution in [2.45, 2.75) is 17.4 Å². The lowest BCUT2D eigenvalue weighted by Gasteiger charge is -2.14. The second kappa shape index (κ2) is 7.25. The molecule has 0 aliphatic heterocycles. The van der Waals surface area contributed by atoms with Crippen molar-refractivity contribution in [3.8, 4) is 0 Å². The van der Waals surface area contributed by atoms with Crippen molar-refractivity contribution in [3.63, 3.8) is 0 Å². The van der Waals surface area contributed by atoms with Crippen LogP contribution in [0.3, 0.4) is 0 Å². The molecule has 3 nitrogen and oxygen atoms in total. The Morgan fingerprint density at radius 3 is 3.06 bits per heavy atom. The molecule has 0 aliphatic rings. The summed E-state index contributed by atoms with van der Waals surface area (Å²) in [5.41, 5.74) is 2.86. The first-order valence-corrected chi connectivity index (χ1v) is 8.16.